The quantitative estimate of drug-likeness (QED) is 0.867. The minimum Gasteiger partial charge on any atom is -0.350 e. The van der Waals surface area contributed by atoms with E-state index in [2.05, 4.69) is 21.2 Å². The number of hydrogen-bond acceptors (Lipinski definition) is 2. The summed E-state index contributed by atoms with van der Waals surface area (Å²) >= 11 is 3.40. The van der Waals surface area contributed by atoms with Gasteiger partial charge in [-0.2, -0.15) is 0 Å². The molecule has 0 saturated heterocycles. The fraction of sp³-hybridized carbons (Fsp3) is 0.583. The van der Waals surface area contributed by atoms with E-state index in [1.165, 1.54) is 0 Å². The van der Waals surface area contributed by atoms with Crippen molar-refractivity contribution in [3.05, 3.63) is 22.4 Å². The lowest BCUT2D eigenvalue weighted by atomic mass is 10.4. The lowest BCUT2D eigenvalue weighted by molar-refractivity contribution is 0.0946. The highest BCUT2D eigenvalue weighted by atomic mass is 79.9. The lowest BCUT2D eigenvalue weighted by Gasteiger charge is -2.08. The Morgan fingerprint density at radius 1 is 1.61 bits per heavy atom. The molecular weight excluding hydrogens is 316 g/mol. The van der Waals surface area contributed by atoms with Crippen molar-refractivity contribution in [1.82, 2.24) is 9.88 Å². The summed E-state index contributed by atoms with van der Waals surface area (Å²) in [4.78, 5) is 12.0. The molecule has 0 spiro atoms. The molecular formula is C12H17BrN2O2S. The first kappa shape index (κ1) is 13.8. The van der Waals surface area contributed by atoms with Crippen molar-refractivity contribution < 1.29 is 9.00 Å². The van der Waals surface area contributed by atoms with E-state index in [-0.39, 0.29) is 5.91 Å². The van der Waals surface area contributed by atoms with Crippen LogP contribution in [0.1, 0.15) is 36.3 Å². The average Bonchev–Trinajstić information content (AvgIpc) is 3.12. The van der Waals surface area contributed by atoms with Gasteiger partial charge in [-0.25, -0.2) is 0 Å². The van der Waals surface area contributed by atoms with E-state index in [0.717, 1.165) is 17.3 Å². The number of halogens is 1. The number of carbonyl (C=O) groups is 1. The van der Waals surface area contributed by atoms with Gasteiger partial charge in [-0.15, -0.1) is 0 Å². The maximum absolute atomic E-state index is 12.0. The molecule has 18 heavy (non-hydrogen) atoms. The van der Waals surface area contributed by atoms with E-state index in [1.54, 1.807) is 0 Å². The highest BCUT2D eigenvalue weighted by Crippen LogP contribution is 2.37. The molecule has 1 fully saturated rings. The zero-order valence-corrected chi connectivity index (χ0v) is 12.7. The molecule has 2 rings (SSSR count). The van der Waals surface area contributed by atoms with Crippen LogP contribution < -0.4 is 5.32 Å². The maximum Gasteiger partial charge on any atom is 0.267 e. The van der Waals surface area contributed by atoms with Crippen LogP contribution >= 0.6 is 15.9 Å². The first-order valence-electron chi connectivity index (χ1n) is 6.12. The predicted octanol–water partition coefficient (Wildman–Crippen LogP) is 2.08. The fourth-order valence-electron chi connectivity index (χ4n) is 1.80. The largest absolute Gasteiger partial charge is 0.350 e. The zero-order chi connectivity index (χ0) is 13.1. The Hall–Kier alpha value is -0.620. The summed E-state index contributed by atoms with van der Waals surface area (Å²) in [7, 11) is -0.827. The van der Waals surface area contributed by atoms with Crippen LogP contribution in [0, 0.1) is 0 Å². The van der Waals surface area contributed by atoms with E-state index in [4.69, 9.17) is 0 Å². The molecule has 1 heterocycles. The molecule has 1 unspecified atom stereocenters. The summed E-state index contributed by atoms with van der Waals surface area (Å²) in [5.74, 6) is 1.08. The van der Waals surface area contributed by atoms with Crippen molar-refractivity contribution in [2.75, 3.05) is 18.1 Å². The van der Waals surface area contributed by atoms with Crippen LogP contribution in [-0.2, 0) is 10.8 Å². The standard InChI is InChI=1S/C12H17BrN2O2S/c1-2-18(17)6-5-14-12(16)11-7-9(13)8-15(11)10-3-4-10/h7-8,10H,2-6H2,1H3,(H,14,16). The Morgan fingerprint density at radius 3 is 2.94 bits per heavy atom. The first-order chi connectivity index (χ1) is 8.61. The Kier molecular flexibility index (Phi) is 4.61. The minimum atomic E-state index is -0.827. The molecule has 1 amide bonds. The molecule has 0 bridgehead atoms. The molecule has 4 nitrogen and oxygen atoms in total. The van der Waals surface area contributed by atoms with Gasteiger partial charge >= 0.3 is 0 Å². The summed E-state index contributed by atoms with van der Waals surface area (Å²) in [5, 5.41) is 2.83. The Labute approximate surface area is 118 Å². The summed E-state index contributed by atoms with van der Waals surface area (Å²) in [6.07, 6.45) is 4.24. The van der Waals surface area contributed by atoms with Crippen LogP contribution in [0.5, 0.6) is 0 Å². The average molecular weight is 333 g/mol. The van der Waals surface area contributed by atoms with Gasteiger partial charge in [0.25, 0.3) is 5.91 Å². The van der Waals surface area contributed by atoms with Gasteiger partial charge in [-0.1, -0.05) is 6.92 Å². The van der Waals surface area contributed by atoms with Crippen LogP contribution in [0.3, 0.4) is 0 Å². The minimum absolute atomic E-state index is 0.0827. The number of nitrogens with zero attached hydrogens (tertiary/aromatic N) is 1. The SMILES string of the molecule is CCS(=O)CCNC(=O)c1cc(Br)cn1C1CC1. The summed E-state index contributed by atoms with van der Waals surface area (Å²) in [6, 6.07) is 2.31. The lowest BCUT2D eigenvalue weighted by Crippen LogP contribution is -2.29. The maximum atomic E-state index is 12.0. The van der Waals surface area contributed by atoms with Gasteiger partial charge < -0.3 is 9.88 Å². The van der Waals surface area contributed by atoms with Crippen molar-refractivity contribution in [2.45, 2.75) is 25.8 Å². The molecule has 0 aliphatic heterocycles. The number of carbonyl (C=O) groups excluding carboxylic acids is 1. The van der Waals surface area contributed by atoms with Crippen LogP contribution in [0.25, 0.3) is 0 Å². The van der Waals surface area contributed by atoms with Gasteiger partial charge in [0, 0.05) is 45.6 Å². The summed E-state index contributed by atoms with van der Waals surface area (Å²) < 4.78 is 14.2. The van der Waals surface area contributed by atoms with Crippen LogP contribution in [0.15, 0.2) is 16.7 Å². The second-order valence-electron chi connectivity index (χ2n) is 4.37. The Bertz CT molecular complexity index is 469. The molecule has 0 radical (unpaired) electrons. The molecule has 1 atom stereocenters. The summed E-state index contributed by atoms with van der Waals surface area (Å²) in [5.41, 5.74) is 0.687. The molecule has 6 heteroatoms. The molecule has 0 aromatic carbocycles. The van der Waals surface area contributed by atoms with Crippen molar-refractivity contribution in [3.63, 3.8) is 0 Å². The number of nitrogens with one attached hydrogen (secondary N) is 1. The Morgan fingerprint density at radius 2 is 2.33 bits per heavy atom. The number of amides is 1. The van der Waals surface area contributed by atoms with Crippen molar-refractivity contribution in [1.29, 1.82) is 0 Å². The molecule has 1 aliphatic rings. The topological polar surface area (TPSA) is 51.1 Å². The van der Waals surface area contributed by atoms with E-state index < -0.39 is 10.8 Å². The molecule has 100 valence electrons. The van der Waals surface area contributed by atoms with Gasteiger partial charge in [-0.05, 0) is 34.8 Å². The fourth-order valence-corrected chi connectivity index (χ4v) is 2.85. The molecule has 1 N–H and O–H groups in total. The van der Waals surface area contributed by atoms with E-state index in [9.17, 15) is 9.00 Å². The van der Waals surface area contributed by atoms with Gasteiger partial charge in [0.2, 0.25) is 0 Å². The molecule has 1 aliphatic carbocycles. The van der Waals surface area contributed by atoms with E-state index in [1.807, 2.05) is 23.8 Å². The normalized spacial score (nSPS) is 16.6. The van der Waals surface area contributed by atoms with Gasteiger partial charge in [0.15, 0.2) is 0 Å². The van der Waals surface area contributed by atoms with Gasteiger partial charge in [-0.3, -0.25) is 9.00 Å². The smallest absolute Gasteiger partial charge is 0.267 e. The summed E-state index contributed by atoms with van der Waals surface area (Å²) in [6.45, 7) is 2.35. The Balaban J connectivity index is 1.94. The second-order valence-corrected chi connectivity index (χ2v) is 7.15. The third kappa shape index (κ3) is 3.45. The predicted molar refractivity (Wildman–Crippen MR) is 76.3 cm³/mol. The van der Waals surface area contributed by atoms with E-state index in [0.29, 0.717) is 29.8 Å². The van der Waals surface area contributed by atoms with Gasteiger partial charge in [0.1, 0.15) is 5.69 Å². The zero-order valence-electron chi connectivity index (χ0n) is 10.3. The monoisotopic (exact) mass is 332 g/mol. The number of hydrogen-bond donors (Lipinski definition) is 1. The number of aromatic nitrogens is 1. The van der Waals surface area contributed by atoms with Crippen molar-refractivity contribution in [2.24, 2.45) is 0 Å². The number of rotatable bonds is 6. The highest BCUT2D eigenvalue weighted by Gasteiger charge is 2.27. The molecule has 1 saturated carbocycles. The van der Waals surface area contributed by atoms with E-state index >= 15 is 0 Å². The molecule has 1 aromatic heterocycles. The third-order valence-electron chi connectivity index (χ3n) is 2.93. The highest BCUT2D eigenvalue weighted by molar-refractivity contribution is 9.10. The first-order valence-corrected chi connectivity index (χ1v) is 8.40. The molecule has 1 aromatic rings. The van der Waals surface area contributed by atoms with Crippen molar-refractivity contribution >= 4 is 32.6 Å². The second kappa shape index (κ2) is 6.02. The van der Waals surface area contributed by atoms with Crippen molar-refractivity contribution in [3.8, 4) is 0 Å². The van der Waals surface area contributed by atoms with Gasteiger partial charge in [0.05, 0.1) is 0 Å². The van der Waals surface area contributed by atoms with Crippen LogP contribution in [0.4, 0.5) is 0 Å². The van der Waals surface area contributed by atoms with Crippen LogP contribution in [0.2, 0.25) is 0 Å². The van der Waals surface area contributed by atoms with Crippen LogP contribution in [-0.4, -0.2) is 32.7 Å². The third-order valence-corrected chi connectivity index (χ3v) is 4.66.